The maximum absolute atomic E-state index is 13.1. The molecule has 1 fully saturated rings. The second-order valence-electron chi connectivity index (χ2n) is 6.57. The van der Waals surface area contributed by atoms with Gasteiger partial charge in [-0.2, -0.15) is 5.10 Å². The number of anilines is 1. The Hall–Kier alpha value is -2.83. The standard InChI is InChI=1S/C19H24N4O3/c1-20-17(24)13-23-12-15(11-21-23)22-18(25)19(9-3-4-10-19)14-5-7-16(26-2)8-6-14/h5-8,11-12H,3-4,9-10,13H2,1-2H3,(H,20,24)(H,22,25). The van der Waals surface area contributed by atoms with E-state index in [4.69, 9.17) is 4.74 Å². The number of aromatic nitrogens is 2. The van der Waals surface area contributed by atoms with E-state index in [1.54, 1.807) is 26.6 Å². The minimum absolute atomic E-state index is 0.0281. The van der Waals surface area contributed by atoms with Gasteiger partial charge in [-0.3, -0.25) is 14.3 Å². The monoisotopic (exact) mass is 356 g/mol. The molecule has 1 aromatic carbocycles. The van der Waals surface area contributed by atoms with E-state index >= 15 is 0 Å². The lowest BCUT2D eigenvalue weighted by molar-refractivity contribution is -0.122. The summed E-state index contributed by atoms with van der Waals surface area (Å²) in [7, 11) is 3.21. The Morgan fingerprint density at radius 3 is 2.54 bits per heavy atom. The number of carbonyl (C=O) groups is 2. The largest absolute Gasteiger partial charge is 0.497 e. The molecule has 1 aromatic heterocycles. The van der Waals surface area contributed by atoms with Gasteiger partial charge in [-0.15, -0.1) is 0 Å². The molecule has 1 aliphatic rings. The van der Waals surface area contributed by atoms with Gasteiger partial charge in [0.1, 0.15) is 12.3 Å². The summed E-state index contributed by atoms with van der Waals surface area (Å²) in [6.45, 7) is 0.121. The molecule has 1 heterocycles. The van der Waals surface area contributed by atoms with Crippen LogP contribution in [0.5, 0.6) is 5.75 Å². The van der Waals surface area contributed by atoms with Crippen molar-refractivity contribution in [3.05, 3.63) is 42.2 Å². The summed E-state index contributed by atoms with van der Waals surface area (Å²) in [5.41, 5.74) is 1.07. The molecule has 2 aromatic rings. The normalized spacial score (nSPS) is 15.5. The summed E-state index contributed by atoms with van der Waals surface area (Å²) in [6, 6.07) is 7.73. The Kier molecular flexibility index (Phi) is 5.25. The minimum atomic E-state index is -0.533. The molecule has 0 bridgehead atoms. The number of carbonyl (C=O) groups excluding carboxylic acids is 2. The highest BCUT2D eigenvalue weighted by molar-refractivity contribution is 5.99. The van der Waals surface area contributed by atoms with E-state index in [0.717, 1.165) is 37.0 Å². The molecule has 3 rings (SSSR count). The Bertz CT molecular complexity index is 776. The maximum atomic E-state index is 13.1. The Morgan fingerprint density at radius 1 is 1.23 bits per heavy atom. The number of hydrogen-bond donors (Lipinski definition) is 2. The van der Waals surface area contributed by atoms with Crippen LogP contribution in [0.3, 0.4) is 0 Å². The molecule has 0 unspecified atom stereocenters. The third-order valence-corrected chi connectivity index (χ3v) is 5.01. The average Bonchev–Trinajstić information content (AvgIpc) is 3.32. The van der Waals surface area contributed by atoms with Crippen molar-refractivity contribution in [3.8, 4) is 5.75 Å². The fraction of sp³-hybridized carbons (Fsp3) is 0.421. The Balaban J connectivity index is 1.78. The van der Waals surface area contributed by atoms with Crippen LogP contribution < -0.4 is 15.4 Å². The van der Waals surface area contributed by atoms with Crippen molar-refractivity contribution in [2.75, 3.05) is 19.5 Å². The first kappa shape index (κ1) is 18.0. The van der Waals surface area contributed by atoms with E-state index in [9.17, 15) is 9.59 Å². The molecule has 0 spiro atoms. The molecule has 2 amide bonds. The third kappa shape index (κ3) is 3.56. The summed E-state index contributed by atoms with van der Waals surface area (Å²) >= 11 is 0. The molecular weight excluding hydrogens is 332 g/mol. The van der Waals surface area contributed by atoms with E-state index in [1.165, 1.54) is 4.68 Å². The van der Waals surface area contributed by atoms with Crippen LogP contribution in [-0.4, -0.2) is 35.8 Å². The van der Waals surface area contributed by atoms with Gasteiger partial charge >= 0.3 is 0 Å². The molecule has 26 heavy (non-hydrogen) atoms. The predicted octanol–water partition coefficient (Wildman–Crippen LogP) is 2.09. The fourth-order valence-corrected chi connectivity index (χ4v) is 3.53. The van der Waals surface area contributed by atoms with Crippen molar-refractivity contribution < 1.29 is 14.3 Å². The smallest absolute Gasteiger partial charge is 0.241 e. The molecule has 0 saturated heterocycles. The molecule has 0 atom stereocenters. The molecule has 1 aliphatic carbocycles. The fourth-order valence-electron chi connectivity index (χ4n) is 3.53. The zero-order chi connectivity index (χ0) is 18.6. The highest BCUT2D eigenvalue weighted by Crippen LogP contribution is 2.42. The lowest BCUT2D eigenvalue weighted by atomic mass is 9.78. The van der Waals surface area contributed by atoms with Gasteiger partial charge in [-0.1, -0.05) is 25.0 Å². The number of methoxy groups -OCH3 is 1. The van der Waals surface area contributed by atoms with Crippen LogP contribution in [0.4, 0.5) is 5.69 Å². The zero-order valence-electron chi connectivity index (χ0n) is 15.1. The molecule has 1 saturated carbocycles. The van der Waals surface area contributed by atoms with E-state index in [1.807, 2.05) is 24.3 Å². The molecule has 7 nitrogen and oxygen atoms in total. The summed E-state index contributed by atoms with van der Waals surface area (Å²) in [6.07, 6.45) is 6.92. The van der Waals surface area contributed by atoms with Gasteiger partial charge in [-0.05, 0) is 30.5 Å². The Morgan fingerprint density at radius 2 is 1.92 bits per heavy atom. The maximum Gasteiger partial charge on any atom is 0.241 e. The van der Waals surface area contributed by atoms with Crippen LogP contribution in [0, 0.1) is 0 Å². The summed E-state index contributed by atoms with van der Waals surface area (Å²) in [4.78, 5) is 24.6. The lowest BCUT2D eigenvalue weighted by Gasteiger charge is -2.28. The third-order valence-electron chi connectivity index (χ3n) is 5.01. The lowest BCUT2D eigenvalue weighted by Crippen LogP contribution is -2.37. The van der Waals surface area contributed by atoms with Crippen molar-refractivity contribution >= 4 is 17.5 Å². The van der Waals surface area contributed by atoms with E-state index in [0.29, 0.717) is 5.69 Å². The topological polar surface area (TPSA) is 85.2 Å². The second kappa shape index (κ2) is 7.59. The van der Waals surface area contributed by atoms with Gasteiger partial charge < -0.3 is 15.4 Å². The van der Waals surface area contributed by atoms with Gasteiger partial charge in [0.25, 0.3) is 0 Å². The highest BCUT2D eigenvalue weighted by atomic mass is 16.5. The van der Waals surface area contributed by atoms with E-state index in [-0.39, 0.29) is 18.4 Å². The van der Waals surface area contributed by atoms with Crippen molar-refractivity contribution in [2.45, 2.75) is 37.6 Å². The number of nitrogens with one attached hydrogen (secondary N) is 2. The van der Waals surface area contributed by atoms with Crippen LogP contribution in [0.2, 0.25) is 0 Å². The zero-order valence-corrected chi connectivity index (χ0v) is 15.1. The number of hydrogen-bond acceptors (Lipinski definition) is 4. The molecule has 0 aliphatic heterocycles. The van der Waals surface area contributed by atoms with Crippen LogP contribution in [0.15, 0.2) is 36.7 Å². The predicted molar refractivity (Wildman–Crippen MR) is 98.1 cm³/mol. The second-order valence-corrected chi connectivity index (χ2v) is 6.57. The quantitative estimate of drug-likeness (QED) is 0.830. The number of likely N-dealkylation sites (N-methyl/N-ethyl adjacent to an activating group) is 1. The number of rotatable bonds is 6. The van der Waals surface area contributed by atoms with Crippen molar-refractivity contribution in [2.24, 2.45) is 0 Å². The Labute approximate surface area is 152 Å². The van der Waals surface area contributed by atoms with Gasteiger partial charge in [0.2, 0.25) is 11.8 Å². The van der Waals surface area contributed by atoms with Crippen LogP contribution in [0.1, 0.15) is 31.2 Å². The average molecular weight is 356 g/mol. The minimum Gasteiger partial charge on any atom is -0.497 e. The molecule has 7 heteroatoms. The highest BCUT2D eigenvalue weighted by Gasteiger charge is 2.42. The first-order valence-electron chi connectivity index (χ1n) is 8.76. The van der Waals surface area contributed by atoms with Crippen LogP contribution in [-0.2, 0) is 21.5 Å². The summed E-state index contributed by atoms with van der Waals surface area (Å²) < 4.78 is 6.72. The van der Waals surface area contributed by atoms with E-state index < -0.39 is 5.41 Å². The molecule has 2 N–H and O–H groups in total. The van der Waals surface area contributed by atoms with Gasteiger partial charge in [0.15, 0.2) is 0 Å². The van der Waals surface area contributed by atoms with Gasteiger partial charge in [-0.25, -0.2) is 0 Å². The number of ether oxygens (including phenoxy) is 1. The first-order valence-corrected chi connectivity index (χ1v) is 8.76. The van der Waals surface area contributed by atoms with E-state index in [2.05, 4.69) is 15.7 Å². The summed E-state index contributed by atoms with van der Waals surface area (Å²) in [5, 5.41) is 9.65. The number of benzene rings is 1. The number of nitrogens with zero attached hydrogens (tertiary/aromatic N) is 2. The number of amides is 2. The van der Waals surface area contributed by atoms with Crippen molar-refractivity contribution in [3.63, 3.8) is 0 Å². The van der Waals surface area contributed by atoms with Crippen LogP contribution >= 0.6 is 0 Å². The summed E-state index contributed by atoms with van der Waals surface area (Å²) in [5.74, 6) is 0.605. The molecule has 138 valence electrons. The molecular formula is C19H24N4O3. The van der Waals surface area contributed by atoms with Gasteiger partial charge in [0.05, 0.1) is 24.4 Å². The first-order chi connectivity index (χ1) is 12.6. The van der Waals surface area contributed by atoms with Crippen molar-refractivity contribution in [1.82, 2.24) is 15.1 Å². The van der Waals surface area contributed by atoms with Crippen molar-refractivity contribution in [1.29, 1.82) is 0 Å². The molecule has 0 radical (unpaired) electrons. The van der Waals surface area contributed by atoms with Gasteiger partial charge in [0, 0.05) is 13.2 Å². The SMILES string of the molecule is CNC(=O)Cn1cc(NC(=O)C2(c3ccc(OC)cc3)CCCC2)cn1. The van der Waals surface area contributed by atoms with Crippen LogP contribution in [0.25, 0.3) is 0 Å².